The van der Waals surface area contributed by atoms with E-state index in [1.807, 2.05) is 12.1 Å². The molecule has 1 aromatic rings. The van der Waals surface area contributed by atoms with Gasteiger partial charge in [0.2, 0.25) is 0 Å². The largest absolute Gasteiger partial charge is 0.492 e. The summed E-state index contributed by atoms with van der Waals surface area (Å²) in [7, 11) is 2.13. The van der Waals surface area contributed by atoms with Crippen LogP contribution >= 0.6 is 0 Å². The zero-order chi connectivity index (χ0) is 14.5. The third-order valence-corrected chi connectivity index (χ3v) is 3.82. The smallest absolute Gasteiger partial charge is 0.170 e. The minimum absolute atomic E-state index is 0.106. The normalized spacial score (nSPS) is 22.1. The molecule has 110 valence electrons. The first kappa shape index (κ1) is 14.7. The number of likely N-dealkylation sites (N-methyl/N-ethyl adjacent to an activating group) is 1. The van der Waals surface area contributed by atoms with Crippen LogP contribution in [0, 0.1) is 11.8 Å². The fraction of sp³-hybridized carbons (Fsp3) is 0.533. The molecule has 1 saturated carbocycles. The van der Waals surface area contributed by atoms with Crippen molar-refractivity contribution in [1.82, 2.24) is 4.90 Å². The molecule has 20 heavy (non-hydrogen) atoms. The van der Waals surface area contributed by atoms with Crippen molar-refractivity contribution in [3.05, 3.63) is 29.8 Å². The average Bonchev–Trinajstić information content (AvgIpc) is 3.14. The molecular weight excluding hydrogens is 254 g/mol. The van der Waals surface area contributed by atoms with Crippen molar-refractivity contribution in [3.63, 3.8) is 0 Å². The summed E-state index contributed by atoms with van der Waals surface area (Å²) in [6.45, 7) is 5.05. The van der Waals surface area contributed by atoms with Crippen molar-refractivity contribution in [2.45, 2.75) is 13.3 Å². The molecule has 1 aromatic carbocycles. The van der Waals surface area contributed by atoms with Gasteiger partial charge in [0.1, 0.15) is 12.4 Å². The Morgan fingerprint density at radius 2 is 2.10 bits per heavy atom. The Morgan fingerprint density at radius 3 is 2.65 bits per heavy atom. The molecule has 0 heterocycles. The topological polar surface area (TPSA) is 71.1 Å². The number of hydrogen-bond acceptors (Lipinski definition) is 4. The standard InChI is InChI=1S/C15H23N3O2/c1-11-9-13(11)10-18(2)7-8-20-14-5-3-12(4-6-14)15(16)17-19/h3-6,11,13,19H,7-10H2,1-2H3,(H2,16,17). The summed E-state index contributed by atoms with van der Waals surface area (Å²) in [6, 6.07) is 7.21. The minimum atomic E-state index is 0.106. The highest BCUT2D eigenvalue weighted by Crippen LogP contribution is 2.37. The Bertz CT molecular complexity index is 459. The van der Waals surface area contributed by atoms with Gasteiger partial charge >= 0.3 is 0 Å². The van der Waals surface area contributed by atoms with Gasteiger partial charge in [-0.3, -0.25) is 0 Å². The summed E-state index contributed by atoms with van der Waals surface area (Å²) in [5.41, 5.74) is 6.18. The number of hydrogen-bond donors (Lipinski definition) is 2. The average molecular weight is 277 g/mol. The molecule has 2 atom stereocenters. The molecular formula is C15H23N3O2. The molecule has 1 aliphatic rings. The van der Waals surface area contributed by atoms with Crippen molar-refractivity contribution in [3.8, 4) is 5.75 Å². The van der Waals surface area contributed by atoms with Crippen molar-refractivity contribution in [1.29, 1.82) is 0 Å². The second kappa shape index (κ2) is 6.61. The zero-order valence-corrected chi connectivity index (χ0v) is 12.1. The van der Waals surface area contributed by atoms with Gasteiger partial charge in [-0.05, 0) is 49.6 Å². The van der Waals surface area contributed by atoms with Gasteiger partial charge in [-0.2, -0.15) is 0 Å². The number of amidine groups is 1. The van der Waals surface area contributed by atoms with Crippen molar-refractivity contribution in [2.75, 3.05) is 26.7 Å². The third kappa shape index (κ3) is 4.13. The first-order chi connectivity index (χ1) is 9.60. The fourth-order valence-electron chi connectivity index (χ4n) is 2.24. The minimum Gasteiger partial charge on any atom is -0.492 e. The van der Waals surface area contributed by atoms with Gasteiger partial charge in [0, 0.05) is 18.7 Å². The van der Waals surface area contributed by atoms with E-state index >= 15 is 0 Å². The van der Waals surface area contributed by atoms with Gasteiger partial charge in [-0.25, -0.2) is 0 Å². The Morgan fingerprint density at radius 1 is 1.45 bits per heavy atom. The van der Waals surface area contributed by atoms with E-state index < -0.39 is 0 Å². The first-order valence-corrected chi connectivity index (χ1v) is 6.99. The molecule has 5 heteroatoms. The lowest BCUT2D eigenvalue weighted by Crippen LogP contribution is -2.26. The van der Waals surface area contributed by atoms with E-state index in [1.54, 1.807) is 12.1 Å². The molecule has 3 N–H and O–H groups in total. The molecule has 2 unspecified atom stereocenters. The van der Waals surface area contributed by atoms with Crippen molar-refractivity contribution in [2.24, 2.45) is 22.7 Å². The van der Waals surface area contributed by atoms with E-state index in [0.717, 1.165) is 30.7 Å². The molecule has 1 aliphatic carbocycles. The highest BCUT2D eigenvalue weighted by molar-refractivity contribution is 5.97. The van der Waals surface area contributed by atoms with E-state index in [1.165, 1.54) is 6.42 Å². The van der Waals surface area contributed by atoms with Gasteiger partial charge in [0.05, 0.1) is 0 Å². The lowest BCUT2D eigenvalue weighted by Gasteiger charge is -2.16. The lowest BCUT2D eigenvalue weighted by atomic mass is 10.2. The van der Waals surface area contributed by atoms with Crippen LogP contribution in [-0.4, -0.2) is 42.7 Å². The van der Waals surface area contributed by atoms with Crippen LogP contribution in [-0.2, 0) is 0 Å². The number of benzene rings is 1. The van der Waals surface area contributed by atoms with Crippen LogP contribution in [0.2, 0.25) is 0 Å². The second-order valence-corrected chi connectivity index (χ2v) is 5.59. The van der Waals surface area contributed by atoms with Crippen LogP contribution in [0.1, 0.15) is 18.9 Å². The van der Waals surface area contributed by atoms with E-state index in [9.17, 15) is 0 Å². The van der Waals surface area contributed by atoms with Crippen LogP contribution in [0.3, 0.4) is 0 Å². The monoisotopic (exact) mass is 277 g/mol. The van der Waals surface area contributed by atoms with Crippen molar-refractivity contribution < 1.29 is 9.94 Å². The summed E-state index contributed by atoms with van der Waals surface area (Å²) >= 11 is 0. The number of rotatable bonds is 7. The van der Waals surface area contributed by atoms with Crippen LogP contribution in [0.5, 0.6) is 5.75 Å². The SMILES string of the molecule is CC1CC1CN(C)CCOc1ccc(C(N)=NO)cc1. The zero-order valence-electron chi connectivity index (χ0n) is 12.1. The maximum absolute atomic E-state index is 8.58. The Kier molecular flexibility index (Phi) is 4.84. The van der Waals surface area contributed by atoms with Gasteiger partial charge in [-0.15, -0.1) is 0 Å². The van der Waals surface area contributed by atoms with Crippen LogP contribution in [0.15, 0.2) is 29.4 Å². The molecule has 5 nitrogen and oxygen atoms in total. The summed E-state index contributed by atoms with van der Waals surface area (Å²) in [5, 5.41) is 11.5. The first-order valence-electron chi connectivity index (χ1n) is 6.99. The summed E-state index contributed by atoms with van der Waals surface area (Å²) < 4.78 is 5.69. The fourth-order valence-corrected chi connectivity index (χ4v) is 2.24. The molecule has 0 spiro atoms. The molecule has 2 rings (SSSR count). The molecule has 0 saturated heterocycles. The number of nitrogens with two attached hydrogens (primary N) is 1. The van der Waals surface area contributed by atoms with Gasteiger partial charge in [0.15, 0.2) is 5.84 Å². The summed E-state index contributed by atoms with van der Waals surface area (Å²) in [6.07, 6.45) is 1.36. The Labute approximate surface area is 120 Å². The number of oxime groups is 1. The third-order valence-electron chi connectivity index (χ3n) is 3.82. The van der Waals surface area contributed by atoms with Crippen LogP contribution in [0.25, 0.3) is 0 Å². The highest BCUT2D eigenvalue weighted by atomic mass is 16.5. The quantitative estimate of drug-likeness (QED) is 0.345. The Hall–Kier alpha value is -1.75. The van der Waals surface area contributed by atoms with Gasteiger partial charge in [-0.1, -0.05) is 12.1 Å². The van der Waals surface area contributed by atoms with E-state index in [4.69, 9.17) is 15.7 Å². The molecule has 0 radical (unpaired) electrons. The second-order valence-electron chi connectivity index (χ2n) is 5.59. The maximum atomic E-state index is 8.58. The number of ether oxygens (including phenoxy) is 1. The maximum Gasteiger partial charge on any atom is 0.170 e. The van der Waals surface area contributed by atoms with Crippen molar-refractivity contribution >= 4 is 5.84 Å². The highest BCUT2D eigenvalue weighted by Gasteiger charge is 2.32. The van der Waals surface area contributed by atoms with E-state index in [0.29, 0.717) is 12.2 Å². The summed E-state index contributed by atoms with van der Waals surface area (Å²) in [5.74, 6) is 2.67. The molecule has 0 aromatic heterocycles. The van der Waals surface area contributed by atoms with E-state index in [-0.39, 0.29) is 5.84 Å². The molecule has 0 amide bonds. The van der Waals surface area contributed by atoms with Crippen LogP contribution in [0.4, 0.5) is 0 Å². The van der Waals surface area contributed by atoms with Gasteiger partial charge < -0.3 is 20.6 Å². The van der Waals surface area contributed by atoms with Crippen LogP contribution < -0.4 is 10.5 Å². The molecule has 1 fully saturated rings. The number of nitrogens with zero attached hydrogens (tertiary/aromatic N) is 2. The molecule has 0 aliphatic heterocycles. The predicted molar refractivity (Wildman–Crippen MR) is 79.2 cm³/mol. The van der Waals surface area contributed by atoms with Gasteiger partial charge in [0.25, 0.3) is 0 Å². The summed E-state index contributed by atoms with van der Waals surface area (Å²) in [4.78, 5) is 2.32. The molecule has 0 bridgehead atoms. The van der Waals surface area contributed by atoms with E-state index in [2.05, 4.69) is 24.0 Å². The Balaban J connectivity index is 1.71. The lowest BCUT2D eigenvalue weighted by molar-refractivity contribution is 0.230. The predicted octanol–water partition coefficient (Wildman–Crippen LogP) is 1.75.